The van der Waals surface area contributed by atoms with E-state index in [-0.39, 0.29) is 17.5 Å². The average Bonchev–Trinajstić information content (AvgIpc) is 2.61. The maximum absolute atomic E-state index is 12.4. The van der Waals surface area contributed by atoms with Gasteiger partial charge < -0.3 is 10.2 Å². The number of rotatable bonds is 7. The van der Waals surface area contributed by atoms with Crippen molar-refractivity contribution in [1.29, 1.82) is 0 Å². The standard InChI is InChI=1S/C22H33N3O/c1-6-12-22(4,13-7-2)17-24-14-15-25(21(26)23-5)20(16-24)19-11-9-8-10-18(19)3/h6-11,20H,1-2,12-17H2,3-5H3,(H,23,26). The Morgan fingerprint density at radius 2 is 1.92 bits per heavy atom. The van der Waals surface area contributed by atoms with Crippen molar-refractivity contribution in [2.75, 3.05) is 33.2 Å². The topological polar surface area (TPSA) is 35.6 Å². The molecule has 0 radical (unpaired) electrons. The Morgan fingerprint density at radius 1 is 1.27 bits per heavy atom. The number of nitrogens with zero attached hydrogens (tertiary/aromatic N) is 2. The van der Waals surface area contributed by atoms with E-state index >= 15 is 0 Å². The molecule has 142 valence electrons. The molecular weight excluding hydrogens is 322 g/mol. The van der Waals surface area contributed by atoms with Gasteiger partial charge >= 0.3 is 6.03 Å². The number of nitrogens with one attached hydrogen (secondary N) is 1. The van der Waals surface area contributed by atoms with Crippen molar-refractivity contribution in [3.63, 3.8) is 0 Å². The van der Waals surface area contributed by atoms with Crippen LogP contribution in [0.4, 0.5) is 4.79 Å². The molecule has 1 fully saturated rings. The molecule has 1 N–H and O–H groups in total. The van der Waals surface area contributed by atoms with Crippen LogP contribution < -0.4 is 5.32 Å². The summed E-state index contributed by atoms with van der Waals surface area (Å²) in [6.07, 6.45) is 5.93. The molecule has 1 unspecified atom stereocenters. The van der Waals surface area contributed by atoms with Gasteiger partial charge in [0.2, 0.25) is 0 Å². The molecule has 2 rings (SSSR count). The van der Waals surface area contributed by atoms with Crippen LogP contribution in [0.2, 0.25) is 0 Å². The van der Waals surface area contributed by atoms with Crippen LogP contribution in [0.25, 0.3) is 0 Å². The van der Waals surface area contributed by atoms with Crippen molar-refractivity contribution in [3.05, 3.63) is 60.7 Å². The van der Waals surface area contributed by atoms with Crippen LogP contribution in [-0.2, 0) is 0 Å². The minimum atomic E-state index is -0.00199. The maximum atomic E-state index is 12.4. The molecule has 1 atom stereocenters. The van der Waals surface area contributed by atoms with Crippen LogP contribution in [0.3, 0.4) is 0 Å². The van der Waals surface area contributed by atoms with Crippen molar-refractivity contribution in [2.24, 2.45) is 5.41 Å². The van der Waals surface area contributed by atoms with Gasteiger partial charge in [0.1, 0.15) is 0 Å². The molecular formula is C22H33N3O. The first-order chi connectivity index (χ1) is 12.4. The van der Waals surface area contributed by atoms with E-state index in [0.29, 0.717) is 0 Å². The van der Waals surface area contributed by atoms with Crippen molar-refractivity contribution in [2.45, 2.75) is 32.7 Å². The van der Waals surface area contributed by atoms with Crippen LogP contribution in [0, 0.1) is 12.3 Å². The molecule has 1 aliphatic rings. The Labute approximate surface area is 158 Å². The maximum Gasteiger partial charge on any atom is 0.317 e. The van der Waals surface area contributed by atoms with Crippen LogP contribution in [0.5, 0.6) is 0 Å². The van der Waals surface area contributed by atoms with E-state index in [0.717, 1.165) is 39.0 Å². The zero-order chi connectivity index (χ0) is 19.2. The second-order valence-electron chi connectivity index (χ2n) is 7.65. The number of hydrogen-bond donors (Lipinski definition) is 1. The highest BCUT2D eigenvalue weighted by Gasteiger charge is 2.34. The predicted molar refractivity (Wildman–Crippen MR) is 109 cm³/mol. The second-order valence-corrected chi connectivity index (χ2v) is 7.65. The van der Waals surface area contributed by atoms with E-state index in [1.165, 1.54) is 11.1 Å². The van der Waals surface area contributed by atoms with Gasteiger partial charge in [-0.25, -0.2) is 4.79 Å². The molecule has 1 aromatic rings. The first-order valence-electron chi connectivity index (χ1n) is 9.42. The SMILES string of the molecule is C=CCC(C)(CC=C)CN1CCN(C(=O)NC)C(c2ccccc2C)C1. The van der Waals surface area contributed by atoms with Gasteiger partial charge in [-0.1, -0.05) is 43.3 Å². The Morgan fingerprint density at radius 3 is 2.50 bits per heavy atom. The number of carbonyl (C=O) groups is 1. The molecule has 0 bridgehead atoms. The molecule has 4 nitrogen and oxygen atoms in total. The number of allylic oxidation sites excluding steroid dienone is 2. The molecule has 1 aliphatic heterocycles. The summed E-state index contributed by atoms with van der Waals surface area (Å²) >= 11 is 0. The van der Waals surface area contributed by atoms with Crippen LogP contribution >= 0.6 is 0 Å². The van der Waals surface area contributed by atoms with Gasteiger partial charge in [-0.05, 0) is 36.3 Å². The van der Waals surface area contributed by atoms with E-state index in [2.05, 4.69) is 61.5 Å². The summed E-state index contributed by atoms with van der Waals surface area (Å²) in [5.41, 5.74) is 2.60. The monoisotopic (exact) mass is 355 g/mol. The van der Waals surface area contributed by atoms with Gasteiger partial charge in [-0.2, -0.15) is 0 Å². The molecule has 4 heteroatoms. The van der Waals surface area contributed by atoms with Gasteiger partial charge in [-0.3, -0.25) is 4.90 Å². The first-order valence-corrected chi connectivity index (χ1v) is 9.42. The Bertz CT molecular complexity index is 630. The van der Waals surface area contributed by atoms with Crippen LogP contribution in [0.15, 0.2) is 49.6 Å². The smallest absolute Gasteiger partial charge is 0.317 e. The third-order valence-electron chi connectivity index (χ3n) is 5.37. The summed E-state index contributed by atoms with van der Waals surface area (Å²) in [6.45, 7) is 15.7. The summed E-state index contributed by atoms with van der Waals surface area (Å²) < 4.78 is 0. The number of carbonyl (C=O) groups excluding carboxylic acids is 1. The minimum Gasteiger partial charge on any atom is -0.341 e. The van der Waals surface area contributed by atoms with Gasteiger partial charge in [0.15, 0.2) is 0 Å². The van der Waals surface area contributed by atoms with E-state index in [4.69, 9.17) is 0 Å². The highest BCUT2D eigenvalue weighted by atomic mass is 16.2. The first kappa shape index (κ1) is 20.2. The lowest BCUT2D eigenvalue weighted by Gasteiger charge is -2.44. The summed E-state index contributed by atoms with van der Waals surface area (Å²) in [4.78, 5) is 16.9. The van der Waals surface area contributed by atoms with Crippen LogP contribution in [-0.4, -0.2) is 49.1 Å². The number of aryl methyl sites for hydroxylation is 1. The summed E-state index contributed by atoms with van der Waals surface area (Å²) in [7, 11) is 1.70. The number of amides is 2. The van der Waals surface area contributed by atoms with E-state index in [9.17, 15) is 4.79 Å². The molecule has 0 aromatic heterocycles. The average molecular weight is 356 g/mol. The molecule has 1 saturated heterocycles. The van der Waals surface area contributed by atoms with E-state index < -0.39 is 0 Å². The van der Waals surface area contributed by atoms with E-state index in [1.807, 2.05) is 17.1 Å². The Hall–Kier alpha value is -2.07. The summed E-state index contributed by atoms with van der Waals surface area (Å²) in [5, 5.41) is 2.80. The van der Waals surface area contributed by atoms with Gasteiger partial charge in [0, 0.05) is 33.2 Å². The largest absolute Gasteiger partial charge is 0.341 e. The molecule has 0 aliphatic carbocycles. The summed E-state index contributed by atoms with van der Waals surface area (Å²) in [5.74, 6) is 0. The molecule has 26 heavy (non-hydrogen) atoms. The molecule has 1 heterocycles. The lowest BCUT2D eigenvalue weighted by atomic mass is 9.82. The number of hydrogen-bond acceptors (Lipinski definition) is 2. The fourth-order valence-corrected chi connectivity index (χ4v) is 4.05. The minimum absolute atomic E-state index is 0.00199. The highest BCUT2D eigenvalue weighted by Crippen LogP contribution is 2.33. The van der Waals surface area contributed by atoms with Gasteiger partial charge in [0.25, 0.3) is 0 Å². The molecule has 0 saturated carbocycles. The lowest BCUT2D eigenvalue weighted by molar-refractivity contribution is 0.0666. The normalized spacial score (nSPS) is 18.4. The number of piperazine rings is 1. The number of benzene rings is 1. The van der Waals surface area contributed by atoms with Crippen molar-refractivity contribution < 1.29 is 4.79 Å². The quantitative estimate of drug-likeness (QED) is 0.746. The molecule has 1 aromatic carbocycles. The van der Waals surface area contributed by atoms with Crippen molar-refractivity contribution in [3.8, 4) is 0 Å². The Kier molecular flexibility index (Phi) is 7.04. The lowest BCUT2D eigenvalue weighted by Crippen LogP contribution is -2.54. The van der Waals surface area contributed by atoms with Crippen molar-refractivity contribution in [1.82, 2.24) is 15.1 Å². The number of urea groups is 1. The highest BCUT2D eigenvalue weighted by molar-refractivity contribution is 5.74. The third-order valence-corrected chi connectivity index (χ3v) is 5.37. The van der Waals surface area contributed by atoms with E-state index in [1.54, 1.807) is 7.05 Å². The van der Waals surface area contributed by atoms with Gasteiger partial charge in [0.05, 0.1) is 6.04 Å². The third kappa shape index (κ3) is 4.76. The predicted octanol–water partition coefficient (Wildman–Crippen LogP) is 4.15. The van der Waals surface area contributed by atoms with Crippen molar-refractivity contribution >= 4 is 6.03 Å². The zero-order valence-electron chi connectivity index (χ0n) is 16.5. The fourth-order valence-electron chi connectivity index (χ4n) is 4.05. The van der Waals surface area contributed by atoms with Crippen LogP contribution in [0.1, 0.15) is 36.9 Å². The molecule has 2 amide bonds. The Balaban J connectivity index is 2.24. The fraction of sp³-hybridized carbons (Fsp3) is 0.500. The summed E-state index contributed by atoms with van der Waals surface area (Å²) in [6, 6.07) is 8.44. The molecule has 0 spiro atoms. The zero-order valence-corrected chi connectivity index (χ0v) is 16.5. The second kappa shape index (κ2) is 9.04. The van der Waals surface area contributed by atoms with Gasteiger partial charge in [-0.15, -0.1) is 13.2 Å².